The van der Waals surface area contributed by atoms with E-state index in [1.165, 1.54) is 17.0 Å². The summed E-state index contributed by atoms with van der Waals surface area (Å²) in [5.41, 5.74) is 1.65. The summed E-state index contributed by atoms with van der Waals surface area (Å²) in [6.45, 7) is 5.60. The Morgan fingerprint density at radius 3 is 2.78 bits per heavy atom. The molecule has 0 saturated carbocycles. The van der Waals surface area contributed by atoms with Crippen LogP contribution < -0.4 is 10.6 Å². The fourth-order valence-electron chi connectivity index (χ4n) is 4.31. The highest BCUT2D eigenvalue weighted by Gasteiger charge is 2.43. The van der Waals surface area contributed by atoms with E-state index in [0.717, 1.165) is 19.4 Å². The van der Waals surface area contributed by atoms with E-state index in [4.69, 9.17) is 4.74 Å². The summed E-state index contributed by atoms with van der Waals surface area (Å²) < 4.78 is 18.9. The van der Waals surface area contributed by atoms with Gasteiger partial charge in [-0.1, -0.05) is 18.2 Å². The maximum atomic E-state index is 13.4. The molecule has 1 aromatic carbocycles. The zero-order valence-corrected chi connectivity index (χ0v) is 17.8. The van der Waals surface area contributed by atoms with Crippen LogP contribution in [-0.4, -0.2) is 66.5 Å². The molecule has 4 rings (SSSR count). The number of carbonyl (C=O) groups excluding carboxylic acids is 3. The van der Waals surface area contributed by atoms with Crippen molar-refractivity contribution in [3.05, 3.63) is 59.6 Å². The van der Waals surface area contributed by atoms with Crippen molar-refractivity contribution >= 4 is 17.8 Å². The Labute approximate surface area is 186 Å². The Morgan fingerprint density at radius 2 is 2.09 bits per heavy atom. The zero-order valence-electron chi connectivity index (χ0n) is 17.8. The number of amides is 4. The van der Waals surface area contributed by atoms with Crippen molar-refractivity contribution in [1.29, 1.82) is 0 Å². The van der Waals surface area contributed by atoms with Gasteiger partial charge in [-0.3, -0.25) is 14.5 Å². The number of nitrogens with one attached hydrogen (secondary N) is 2. The molecule has 3 aliphatic rings. The Morgan fingerprint density at radius 1 is 1.31 bits per heavy atom. The van der Waals surface area contributed by atoms with Gasteiger partial charge in [0.05, 0.1) is 30.0 Å². The van der Waals surface area contributed by atoms with Crippen molar-refractivity contribution in [2.24, 2.45) is 0 Å². The maximum absolute atomic E-state index is 13.4. The molecule has 9 heteroatoms. The van der Waals surface area contributed by atoms with Gasteiger partial charge in [-0.15, -0.1) is 6.58 Å². The molecule has 0 unspecified atom stereocenters. The largest absolute Gasteiger partial charge is 0.376 e. The lowest BCUT2D eigenvalue weighted by molar-refractivity contribution is -0.127. The number of hydrogen-bond acceptors (Lipinski definition) is 4. The number of ether oxygens (including phenoxy) is 1. The molecule has 8 nitrogen and oxygen atoms in total. The number of carbonyl (C=O) groups is 3. The number of urea groups is 1. The lowest BCUT2D eigenvalue weighted by Gasteiger charge is -2.33. The maximum Gasteiger partial charge on any atom is 0.322 e. The van der Waals surface area contributed by atoms with E-state index < -0.39 is 11.9 Å². The summed E-state index contributed by atoms with van der Waals surface area (Å²) in [6.07, 6.45) is 3.75. The molecule has 0 aliphatic carbocycles. The Balaban J connectivity index is 1.46. The number of halogens is 1. The molecule has 0 radical (unpaired) electrons. The first-order chi connectivity index (χ1) is 15.5. The monoisotopic (exact) mass is 442 g/mol. The summed E-state index contributed by atoms with van der Waals surface area (Å²) in [5.74, 6) is -0.785. The normalized spacial score (nSPS) is 22.8. The fraction of sp³-hybridized carbons (Fsp3) is 0.435. The minimum absolute atomic E-state index is 0.0577. The second-order valence-corrected chi connectivity index (χ2v) is 8.11. The minimum Gasteiger partial charge on any atom is -0.376 e. The SMILES string of the molecule is C=CCN1C(=O)N[C@H](c2ccc(F)cc2)C2=C1CN(CCC(=O)NC[C@@H]1CCCO1)C2=O. The second-order valence-electron chi connectivity index (χ2n) is 8.11. The van der Waals surface area contributed by atoms with Crippen LogP contribution in [0.4, 0.5) is 9.18 Å². The van der Waals surface area contributed by atoms with Gasteiger partial charge in [-0.05, 0) is 30.5 Å². The molecular formula is C23H27FN4O4. The molecule has 2 N–H and O–H groups in total. The average Bonchev–Trinajstić information content (AvgIpc) is 3.41. The first kappa shape index (κ1) is 22.0. The molecule has 1 fully saturated rings. The fourth-order valence-corrected chi connectivity index (χ4v) is 4.31. The van der Waals surface area contributed by atoms with Gasteiger partial charge in [0.1, 0.15) is 5.82 Å². The van der Waals surface area contributed by atoms with Crippen molar-refractivity contribution in [1.82, 2.24) is 20.4 Å². The molecule has 32 heavy (non-hydrogen) atoms. The van der Waals surface area contributed by atoms with Gasteiger partial charge >= 0.3 is 6.03 Å². The molecule has 0 aromatic heterocycles. The Hall–Kier alpha value is -3.20. The van der Waals surface area contributed by atoms with Crippen molar-refractivity contribution in [2.75, 3.05) is 32.8 Å². The molecule has 0 bridgehead atoms. The van der Waals surface area contributed by atoms with Crippen molar-refractivity contribution in [2.45, 2.75) is 31.4 Å². The third-order valence-corrected chi connectivity index (χ3v) is 5.97. The number of benzene rings is 1. The summed E-state index contributed by atoms with van der Waals surface area (Å²) in [5, 5.41) is 5.71. The van der Waals surface area contributed by atoms with E-state index in [1.54, 1.807) is 23.1 Å². The topological polar surface area (TPSA) is 91.0 Å². The van der Waals surface area contributed by atoms with Crippen LogP contribution in [0.1, 0.15) is 30.9 Å². The van der Waals surface area contributed by atoms with Gasteiger partial charge in [0, 0.05) is 32.7 Å². The highest BCUT2D eigenvalue weighted by Crippen LogP contribution is 2.36. The lowest BCUT2D eigenvalue weighted by atomic mass is 9.95. The molecule has 4 amide bonds. The van der Waals surface area contributed by atoms with Crippen molar-refractivity contribution < 1.29 is 23.5 Å². The van der Waals surface area contributed by atoms with E-state index >= 15 is 0 Å². The van der Waals surface area contributed by atoms with Crippen LogP contribution in [0.3, 0.4) is 0 Å². The van der Waals surface area contributed by atoms with Gasteiger partial charge in [0.15, 0.2) is 0 Å². The van der Waals surface area contributed by atoms with Crippen LogP contribution in [0.15, 0.2) is 48.2 Å². The molecular weight excluding hydrogens is 415 g/mol. The van der Waals surface area contributed by atoms with Crippen molar-refractivity contribution in [3.63, 3.8) is 0 Å². The molecule has 3 aliphatic heterocycles. The van der Waals surface area contributed by atoms with Crippen LogP contribution in [0, 0.1) is 5.82 Å². The quantitative estimate of drug-likeness (QED) is 0.602. The van der Waals surface area contributed by atoms with E-state index in [2.05, 4.69) is 17.2 Å². The molecule has 0 spiro atoms. The van der Waals surface area contributed by atoms with Crippen molar-refractivity contribution in [3.8, 4) is 0 Å². The molecule has 1 saturated heterocycles. The van der Waals surface area contributed by atoms with Gasteiger partial charge in [0.2, 0.25) is 5.91 Å². The van der Waals surface area contributed by atoms with Crippen LogP contribution >= 0.6 is 0 Å². The van der Waals surface area contributed by atoms with E-state index in [9.17, 15) is 18.8 Å². The van der Waals surface area contributed by atoms with Gasteiger partial charge in [-0.2, -0.15) is 0 Å². The van der Waals surface area contributed by atoms with E-state index in [1.807, 2.05) is 0 Å². The van der Waals surface area contributed by atoms with Gasteiger partial charge in [-0.25, -0.2) is 9.18 Å². The highest BCUT2D eigenvalue weighted by molar-refractivity contribution is 6.01. The number of hydrogen-bond donors (Lipinski definition) is 2. The minimum atomic E-state index is -0.676. The Kier molecular flexibility index (Phi) is 6.55. The molecule has 2 atom stereocenters. The van der Waals surface area contributed by atoms with Crippen LogP contribution in [0.2, 0.25) is 0 Å². The van der Waals surface area contributed by atoms with Gasteiger partial charge in [0.25, 0.3) is 5.91 Å². The molecule has 3 heterocycles. The standard InChI is InChI=1S/C23H27FN4O4/c1-2-10-28-18-14-27(11-9-19(29)25-13-17-4-3-12-32-17)22(30)20(18)21(26-23(28)31)15-5-7-16(24)8-6-15/h2,5-8,17,21H,1,3-4,9-14H2,(H,25,29)(H,26,31)/t17-,21+/m0/s1. The lowest BCUT2D eigenvalue weighted by Crippen LogP contribution is -2.47. The first-order valence-corrected chi connectivity index (χ1v) is 10.8. The summed E-state index contributed by atoms with van der Waals surface area (Å²) in [4.78, 5) is 41.3. The van der Waals surface area contributed by atoms with Crippen LogP contribution in [-0.2, 0) is 14.3 Å². The van der Waals surface area contributed by atoms with Crippen LogP contribution in [0.5, 0.6) is 0 Å². The first-order valence-electron chi connectivity index (χ1n) is 10.8. The predicted molar refractivity (Wildman–Crippen MR) is 115 cm³/mol. The highest BCUT2D eigenvalue weighted by atomic mass is 19.1. The Bertz CT molecular complexity index is 940. The van der Waals surface area contributed by atoms with Gasteiger partial charge < -0.3 is 20.3 Å². The number of nitrogens with zero attached hydrogens (tertiary/aromatic N) is 2. The van der Waals surface area contributed by atoms with Crippen LogP contribution in [0.25, 0.3) is 0 Å². The molecule has 1 aromatic rings. The third kappa shape index (κ3) is 4.52. The number of rotatable bonds is 8. The third-order valence-electron chi connectivity index (χ3n) is 5.97. The predicted octanol–water partition coefficient (Wildman–Crippen LogP) is 1.86. The smallest absolute Gasteiger partial charge is 0.322 e. The average molecular weight is 442 g/mol. The molecule has 170 valence electrons. The summed E-state index contributed by atoms with van der Waals surface area (Å²) in [7, 11) is 0. The second kappa shape index (κ2) is 9.52. The van der Waals surface area contributed by atoms with E-state index in [-0.39, 0.29) is 50.0 Å². The zero-order chi connectivity index (χ0) is 22.7. The van der Waals surface area contributed by atoms with E-state index in [0.29, 0.717) is 23.4 Å². The summed E-state index contributed by atoms with van der Waals surface area (Å²) in [6, 6.07) is 4.69. The summed E-state index contributed by atoms with van der Waals surface area (Å²) >= 11 is 0.